The number of carbonyl (C=O) groups excluding carboxylic acids is 1. The van der Waals surface area contributed by atoms with Crippen molar-refractivity contribution in [3.63, 3.8) is 0 Å². The maximum absolute atomic E-state index is 13.3. The zero-order valence-electron chi connectivity index (χ0n) is 31.1. The number of nitrogen functional groups attached to an aromatic ring is 1. The molecule has 22 heteroatoms. The number of aromatic carboxylic acids is 1. The monoisotopic (exact) mass is 857 g/mol. The van der Waals surface area contributed by atoms with Crippen molar-refractivity contribution < 1.29 is 135 Å². The van der Waals surface area contributed by atoms with Crippen LogP contribution in [0.1, 0.15) is 10.4 Å². The Labute approximate surface area is 401 Å². The molecule has 0 amide bonds. The van der Waals surface area contributed by atoms with E-state index in [9.17, 15) is 46.1 Å². The summed E-state index contributed by atoms with van der Waals surface area (Å²) in [4.78, 5) is 9.83. The topological polar surface area (TPSA) is 295 Å². The van der Waals surface area contributed by atoms with Gasteiger partial charge in [-0.1, -0.05) is 66.1 Å². The molecule has 0 saturated heterocycles. The molecule has 280 valence electrons. The van der Waals surface area contributed by atoms with Crippen molar-refractivity contribution >= 4 is 98.3 Å². The van der Waals surface area contributed by atoms with Gasteiger partial charge in [0.2, 0.25) is 0 Å². The SMILES string of the molecule is Nc1ccc2c([O-])c(N=Nc3ccc(N=Nc4ccc(N=Nc5cc(S(=O)(=O)O)cc(C(=O)[O-])c5[O-])c5ccccc45)c4ccccc34)c(S(=O)(=O)O)cc2c1.[Na+].[Na+].[Na+]. The number of azo groups is 3. The Balaban J connectivity index is 0.00000256. The smallest absolute Gasteiger partial charge is 0.871 e. The van der Waals surface area contributed by atoms with Gasteiger partial charge < -0.3 is 25.8 Å². The molecular formula is C37H22N7Na3O10S2. The fourth-order valence-electron chi connectivity index (χ4n) is 5.81. The minimum absolute atomic E-state index is 0. The van der Waals surface area contributed by atoms with Crippen LogP contribution >= 0.6 is 0 Å². The molecule has 0 radical (unpaired) electrons. The molecule has 17 nitrogen and oxygen atoms in total. The van der Waals surface area contributed by atoms with Gasteiger partial charge in [-0.15, -0.1) is 25.6 Å². The van der Waals surface area contributed by atoms with E-state index in [0.717, 1.165) is 6.07 Å². The van der Waals surface area contributed by atoms with Crippen LogP contribution in [0.3, 0.4) is 0 Å². The van der Waals surface area contributed by atoms with Crippen molar-refractivity contribution in [3.05, 3.63) is 115 Å². The molecule has 0 aliphatic heterocycles. The van der Waals surface area contributed by atoms with Crippen molar-refractivity contribution in [2.45, 2.75) is 9.79 Å². The Morgan fingerprint density at radius 2 is 0.966 bits per heavy atom. The molecule has 7 aromatic carbocycles. The van der Waals surface area contributed by atoms with Gasteiger partial charge in [-0.05, 0) is 70.9 Å². The molecule has 0 aromatic heterocycles. The molecule has 59 heavy (non-hydrogen) atoms. The van der Waals surface area contributed by atoms with E-state index >= 15 is 0 Å². The van der Waals surface area contributed by atoms with Crippen LogP contribution in [-0.4, -0.2) is 31.9 Å². The van der Waals surface area contributed by atoms with E-state index in [2.05, 4.69) is 30.7 Å². The summed E-state index contributed by atoms with van der Waals surface area (Å²) in [5, 5.41) is 64.7. The third-order valence-electron chi connectivity index (χ3n) is 8.44. The third-order valence-corrected chi connectivity index (χ3v) is 10.1. The molecule has 4 N–H and O–H groups in total. The number of carbonyl (C=O) groups is 1. The Kier molecular flexibility index (Phi) is 15.3. The van der Waals surface area contributed by atoms with Crippen LogP contribution in [0.25, 0.3) is 32.3 Å². The average Bonchev–Trinajstić information content (AvgIpc) is 3.15. The van der Waals surface area contributed by atoms with Gasteiger partial charge in [0.25, 0.3) is 20.2 Å². The Morgan fingerprint density at radius 1 is 0.525 bits per heavy atom. The normalized spacial score (nSPS) is 11.9. The van der Waals surface area contributed by atoms with E-state index in [0.29, 0.717) is 45.1 Å². The average molecular weight is 858 g/mol. The molecular weight excluding hydrogens is 836 g/mol. The number of benzene rings is 7. The number of carboxylic acids is 1. The van der Waals surface area contributed by atoms with Crippen LogP contribution in [0.15, 0.2) is 150 Å². The Hall–Kier alpha value is -4.19. The van der Waals surface area contributed by atoms with Crippen LogP contribution in [0.4, 0.5) is 39.8 Å². The summed E-state index contributed by atoms with van der Waals surface area (Å²) in [6, 6.07) is 26.4. The van der Waals surface area contributed by atoms with E-state index in [1.807, 2.05) is 0 Å². The van der Waals surface area contributed by atoms with Gasteiger partial charge in [0.15, 0.2) is 0 Å². The first kappa shape index (κ1) is 47.5. The molecule has 0 aliphatic rings. The van der Waals surface area contributed by atoms with Gasteiger partial charge in [0.1, 0.15) is 4.90 Å². The molecule has 0 saturated carbocycles. The number of anilines is 1. The van der Waals surface area contributed by atoms with Crippen LogP contribution < -0.4 is 110 Å². The quantitative estimate of drug-likeness (QED) is 0.0617. The molecule has 7 aromatic rings. The van der Waals surface area contributed by atoms with Gasteiger partial charge in [-0.25, -0.2) is 0 Å². The third kappa shape index (κ3) is 10.1. The van der Waals surface area contributed by atoms with Gasteiger partial charge in [-0.2, -0.15) is 21.9 Å². The van der Waals surface area contributed by atoms with Gasteiger partial charge in [0.05, 0.1) is 45.0 Å². The molecule has 0 spiro atoms. The second kappa shape index (κ2) is 19.0. The fraction of sp³-hybridized carbons (Fsp3) is 0. The molecule has 0 unspecified atom stereocenters. The minimum Gasteiger partial charge on any atom is -0.871 e. The molecule has 7 rings (SSSR count). The number of hydrogen-bond acceptors (Lipinski definition) is 15. The van der Waals surface area contributed by atoms with Crippen molar-refractivity contribution in [2.24, 2.45) is 30.7 Å². The number of nitrogens with zero attached hydrogens (tertiary/aromatic N) is 6. The number of rotatable bonds is 9. The van der Waals surface area contributed by atoms with Crippen LogP contribution in [0.5, 0.6) is 11.5 Å². The number of nitrogens with two attached hydrogens (primary N) is 1. The molecule has 0 atom stereocenters. The summed E-state index contributed by atoms with van der Waals surface area (Å²) in [5.74, 6) is -3.92. The number of carboxylic acid groups (broad SMARTS) is 1. The molecule has 0 heterocycles. The maximum atomic E-state index is 13.3. The molecule has 0 aliphatic carbocycles. The summed E-state index contributed by atoms with van der Waals surface area (Å²) in [6.45, 7) is 0. The van der Waals surface area contributed by atoms with E-state index < -0.39 is 64.4 Å². The van der Waals surface area contributed by atoms with E-state index in [1.165, 1.54) is 30.3 Å². The van der Waals surface area contributed by atoms with E-state index in [4.69, 9.17) is 5.73 Å². The van der Waals surface area contributed by atoms with Crippen molar-refractivity contribution in [1.82, 2.24) is 0 Å². The largest absolute Gasteiger partial charge is 1.00 e. The van der Waals surface area contributed by atoms with Crippen LogP contribution in [0.2, 0.25) is 0 Å². The maximum Gasteiger partial charge on any atom is 1.00 e. The van der Waals surface area contributed by atoms with Crippen molar-refractivity contribution in [3.8, 4) is 11.5 Å². The van der Waals surface area contributed by atoms with Gasteiger partial charge in [-0.3, -0.25) is 9.11 Å². The zero-order valence-corrected chi connectivity index (χ0v) is 38.8. The predicted molar refractivity (Wildman–Crippen MR) is 198 cm³/mol. The van der Waals surface area contributed by atoms with Gasteiger partial charge in [0, 0.05) is 27.2 Å². The van der Waals surface area contributed by atoms with Crippen LogP contribution in [-0.2, 0) is 20.2 Å². The van der Waals surface area contributed by atoms with Crippen LogP contribution in [0, 0.1) is 0 Å². The molecule has 0 fully saturated rings. The minimum atomic E-state index is -4.90. The van der Waals surface area contributed by atoms with Crippen molar-refractivity contribution in [1.29, 1.82) is 0 Å². The van der Waals surface area contributed by atoms with E-state index in [1.54, 1.807) is 60.7 Å². The first-order valence-corrected chi connectivity index (χ1v) is 18.8. The van der Waals surface area contributed by atoms with Crippen molar-refractivity contribution in [2.75, 3.05) is 5.73 Å². The number of hydrogen-bond donors (Lipinski definition) is 3. The second-order valence-corrected chi connectivity index (χ2v) is 14.8. The summed E-state index contributed by atoms with van der Waals surface area (Å²) >= 11 is 0. The molecule has 0 bridgehead atoms. The predicted octanol–water partition coefficient (Wildman–Crippen LogP) is -2.01. The summed E-state index contributed by atoms with van der Waals surface area (Å²) in [5.41, 5.74) is 5.00. The first-order chi connectivity index (χ1) is 26.6. The summed E-state index contributed by atoms with van der Waals surface area (Å²) < 4.78 is 67.3. The van der Waals surface area contributed by atoms with E-state index in [-0.39, 0.29) is 117 Å². The standard InChI is InChI=1S/C37H25N7O10S2.3Na/c38-20-9-10-22-19(15-20)16-33(56(52,53)54)34(36(22)46)44-42-31-14-13-29(25-7-3-4-8-26(25)31)40-39-28-11-12-30(24-6-2-1-5-23(24)28)41-43-32-18-21(55(49,50)51)17-27(35(32)45)37(47)48;;;/h1-18,45-46H,38H2,(H,47,48)(H,49,50,51)(H,52,53,54);;;/q;3*+1/p-3. The summed E-state index contributed by atoms with van der Waals surface area (Å²) in [6.07, 6.45) is 0. The second-order valence-electron chi connectivity index (χ2n) is 12.0. The Bertz CT molecular complexity index is 3130. The fourth-order valence-corrected chi connectivity index (χ4v) is 6.99. The first-order valence-electron chi connectivity index (χ1n) is 15.9. The number of fused-ring (bicyclic) bond motifs is 3. The van der Waals surface area contributed by atoms with Gasteiger partial charge >= 0.3 is 88.7 Å². The zero-order chi connectivity index (χ0) is 39.9. The Morgan fingerprint density at radius 3 is 1.39 bits per heavy atom. The summed E-state index contributed by atoms with van der Waals surface area (Å²) in [7, 11) is -9.80.